The van der Waals surface area contributed by atoms with E-state index in [0.29, 0.717) is 0 Å². The number of hydrogen-bond donors (Lipinski definition) is 4. The van der Waals surface area contributed by atoms with Crippen molar-refractivity contribution < 1.29 is 24.2 Å². The van der Waals surface area contributed by atoms with Gasteiger partial charge in [-0.05, 0) is 18.2 Å². The number of anilines is 1. The second-order valence-electron chi connectivity index (χ2n) is 3.52. The molecule has 0 aromatic heterocycles. The lowest BCUT2D eigenvalue weighted by atomic mass is 10.2. The number of rotatable bonds is 6. The number of hydrogen-bond acceptors (Lipinski definition) is 5. The molecule has 0 spiro atoms. The van der Waals surface area contributed by atoms with Gasteiger partial charge in [-0.2, -0.15) is 0 Å². The van der Waals surface area contributed by atoms with Crippen molar-refractivity contribution in [3.63, 3.8) is 0 Å². The van der Waals surface area contributed by atoms with Gasteiger partial charge in [-0.25, -0.2) is 4.79 Å². The average Bonchev–Trinajstić information content (AvgIpc) is 2.36. The smallest absolute Gasteiger partial charge is 0.335 e. The second-order valence-corrected chi connectivity index (χ2v) is 3.52. The summed E-state index contributed by atoms with van der Waals surface area (Å²) in [5.74, 6) is -2.34. The van der Waals surface area contributed by atoms with E-state index in [9.17, 15) is 14.4 Å². The first-order valence-electron chi connectivity index (χ1n) is 5.22. The SMILES string of the molecule is NCC(=O)Nc1ccc(C(=O)O)cc1OCC(N)=O. The average molecular weight is 267 g/mol. The highest BCUT2D eigenvalue weighted by Crippen LogP contribution is 2.26. The van der Waals surface area contributed by atoms with Crippen LogP contribution in [0.15, 0.2) is 18.2 Å². The highest BCUT2D eigenvalue weighted by atomic mass is 16.5. The number of benzene rings is 1. The molecule has 0 aliphatic heterocycles. The lowest BCUT2D eigenvalue weighted by Crippen LogP contribution is -2.23. The zero-order valence-electron chi connectivity index (χ0n) is 9.88. The molecular weight excluding hydrogens is 254 g/mol. The van der Waals surface area contributed by atoms with Gasteiger partial charge in [0.25, 0.3) is 5.91 Å². The number of carbonyl (C=O) groups excluding carboxylic acids is 2. The first-order chi connectivity index (χ1) is 8.93. The summed E-state index contributed by atoms with van der Waals surface area (Å²) in [4.78, 5) is 32.7. The van der Waals surface area contributed by atoms with Crippen molar-refractivity contribution in [2.24, 2.45) is 11.5 Å². The van der Waals surface area contributed by atoms with Crippen molar-refractivity contribution in [1.29, 1.82) is 0 Å². The van der Waals surface area contributed by atoms with Crippen LogP contribution in [0.5, 0.6) is 5.75 Å². The van der Waals surface area contributed by atoms with Gasteiger partial charge < -0.3 is 26.6 Å². The molecule has 1 rings (SSSR count). The van der Waals surface area contributed by atoms with Gasteiger partial charge in [-0.1, -0.05) is 0 Å². The second kappa shape index (κ2) is 6.36. The highest BCUT2D eigenvalue weighted by Gasteiger charge is 2.12. The van der Waals surface area contributed by atoms with E-state index in [1.807, 2.05) is 0 Å². The fraction of sp³-hybridized carbons (Fsp3) is 0.182. The summed E-state index contributed by atoms with van der Waals surface area (Å²) in [6.45, 7) is -0.676. The predicted molar refractivity (Wildman–Crippen MR) is 65.8 cm³/mol. The molecule has 0 fully saturated rings. The predicted octanol–water partition coefficient (Wildman–Crippen LogP) is -0.854. The van der Waals surface area contributed by atoms with Crippen LogP contribution in [0.3, 0.4) is 0 Å². The quantitative estimate of drug-likeness (QED) is 0.528. The molecule has 8 heteroatoms. The van der Waals surface area contributed by atoms with Gasteiger partial charge in [-0.3, -0.25) is 9.59 Å². The van der Waals surface area contributed by atoms with Crippen LogP contribution in [0.25, 0.3) is 0 Å². The molecule has 0 radical (unpaired) electrons. The maximum Gasteiger partial charge on any atom is 0.335 e. The van der Waals surface area contributed by atoms with Crippen molar-refractivity contribution in [3.05, 3.63) is 23.8 Å². The fourth-order valence-corrected chi connectivity index (χ4v) is 1.23. The molecule has 0 aliphatic carbocycles. The van der Waals surface area contributed by atoms with Crippen molar-refractivity contribution in [1.82, 2.24) is 0 Å². The summed E-state index contributed by atoms with van der Waals surface area (Å²) >= 11 is 0. The van der Waals surface area contributed by atoms with E-state index in [1.165, 1.54) is 18.2 Å². The van der Waals surface area contributed by atoms with Crippen LogP contribution in [0, 0.1) is 0 Å². The standard InChI is InChI=1S/C11H13N3O5/c12-4-10(16)14-7-2-1-6(11(17)18)3-8(7)19-5-9(13)15/h1-3H,4-5,12H2,(H2,13,15)(H,14,16)(H,17,18). The van der Waals surface area contributed by atoms with Crippen LogP contribution < -0.4 is 21.5 Å². The monoisotopic (exact) mass is 267 g/mol. The summed E-state index contributed by atoms with van der Waals surface area (Å²) in [7, 11) is 0. The first-order valence-corrected chi connectivity index (χ1v) is 5.22. The summed E-state index contributed by atoms with van der Waals surface area (Å²) < 4.78 is 5.04. The molecule has 6 N–H and O–H groups in total. The number of nitrogens with two attached hydrogens (primary N) is 2. The van der Waals surface area contributed by atoms with Crippen molar-refractivity contribution in [2.45, 2.75) is 0 Å². The van der Waals surface area contributed by atoms with Crippen molar-refractivity contribution >= 4 is 23.5 Å². The first kappa shape index (κ1) is 14.5. The Balaban J connectivity index is 3.03. The molecule has 0 unspecified atom stereocenters. The number of ether oxygens (including phenoxy) is 1. The third kappa shape index (κ3) is 4.28. The summed E-state index contributed by atoms with van der Waals surface area (Å²) in [6, 6.07) is 3.80. The van der Waals surface area contributed by atoms with Crippen LogP contribution in [0.1, 0.15) is 10.4 Å². The van der Waals surface area contributed by atoms with E-state index in [4.69, 9.17) is 21.3 Å². The molecule has 0 atom stereocenters. The third-order valence-corrected chi connectivity index (χ3v) is 2.06. The Hall–Kier alpha value is -2.61. The number of amides is 2. The Morgan fingerprint density at radius 3 is 2.53 bits per heavy atom. The van der Waals surface area contributed by atoms with Crippen LogP contribution in [0.2, 0.25) is 0 Å². The molecule has 0 saturated carbocycles. The number of primary amides is 1. The molecule has 102 valence electrons. The van der Waals surface area contributed by atoms with Crippen molar-refractivity contribution in [3.8, 4) is 5.75 Å². The van der Waals surface area contributed by atoms with Crippen LogP contribution in [-0.4, -0.2) is 36.0 Å². The molecule has 1 aromatic rings. The molecule has 0 bridgehead atoms. The number of aromatic carboxylic acids is 1. The van der Waals surface area contributed by atoms with E-state index < -0.39 is 24.4 Å². The Kier molecular flexibility index (Phi) is 4.84. The van der Waals surface area contributed by atoms with Gasteiger partial charge in [0.05, 0.1) is 17.8 Å². The lowest BCUT2D eigenvalue weighted by Gasteiger charge is -2.12. The summed E-state index contributed by atoms with van der Waals surface area (Å²) in [5, 5.41) is 11.3. The van der Waals surface area contributed by atoms with E-state index in [0.717, 1.165) is 0 Å². The van der Waals surface area contributed by atoms with Gasteiger partial charge in [0.15, 0.2) is 6.61 Å². The summed E-state index contributed by atoms with van der Waals surface area (Å²) in [6.07, 6.45) is 0. The van der Waals surface area contributed by atoms with Gasteiger partial charge >= 0.3 is 5.97 Å². The minimum atomic E-state index is -1.17. The number of carbonyl (C=O) groups is 3. The molecule has 19 heavy (non-hydrogen) atoms. The summed E-state index contributed by atoms with van der Waals surface area (Å²) in [5.41, 5.74) is 10.2. The lowest BCUT2D eigenvalue weighted by molar-refractivity contribution is -0.120. The molecule has 0 aliphatic rings. The van der Waals surface area contributed by atoms with E-state index in [2.05, 4.69) is 5.32 Å². The maximum absolute atomic E-state index is 11.2. The Labute approximate surface area is 108 Å². The van der Waals surface area contributed by atoms with Crippen molar-refractivity contribution in [2.75, 3.05) is 18.5 Å². The van der Waals surface area contributed by atoms with Gasteiger partial charge in [0.1, 0.15) is 5.75 Å². The molecule has 1 aromatic carbocycles. The van der Waals surface area contributed by atoms with Crippen LogP contribution in [-0.2, 0) is 9.59 Å². The maximum atomic E-state index is 11.2. The molecule has 2 amide bonds. The number of nitrogens with one attached hydrogen (secondary N) is 1. The topological polar surface area (TPSA) is 145 Å². The van der Waals surface area contributed by atoms with Crippen LogP contribution in [0.4, 0.5) is 5.69 Å². The largest absolute Gasteiger partial charge is 0.482 e. The van der Waals surface area contributed by atoms with Crippen LogP contribution >= 0.6 is 0 Å². The Morgan fingerprint density at radius 1 is 1.32 bits per heavy atom. The number of carboxylic acids is 1. The minimum absolute atomic E-state index is 0.0282. The fourth-order valence-electron chi connectivity index (χ4n) is 1.23. The highest BCUT2D eigenvalue weighted by molar-refractivity contribution is 5.95. The molecule has 0 heterocycles. The van der Waals surface area contributed by atoms with Gasteiger partial charge in [-0.15, -0.1) is 0 Å². The number of carboxylic acid groups (broad SMARTS) is 1. The molecular formula is C11H13N3O5. The Morgan fingerprint density at radius 2 is 2.00 bits per heavy atom. The zero-order chi connectivity index (χ0) is 14.4. The molecule has 8 nitrogen and oxygen atoms in total. The van der Waals surface area contributed by atoms with E-state index >= 15 is 0 Å². The third-order valence-electron chi connectivity index (χ3n) is 2.06. The normalized spacial score (nSPS) is 9.74. The van der Waals surface area contributed by atoms with Gasteiger partial charge in [0.2, 0.25) is 5.91 Å². The molecule has 0 saturated heterocycles. The Bertz CT molecular complexity index is 515. The zero-order valence-corrected chi connectivity index (χ0v) is 9.88. The van der Waals surface area contributed by atoms with Gasteiger partial charge in [0, 0.05) is 0 Å². The minimum Gasteiger partial charge on any atom is -0.482 e. The van der Waals surface area contributed by atoms with E-state index in [1.54, 1.807) is 0 Å². The van der Waals surface area contributed by atoms with E-state index in [-0.39, 0.29) is 23.5 Å².